The number of halogens is 1. The number of carboxylic acid groups (broad SMARTS) is 1. The second-order valence-electron chi connectivity index (χ2n) is 12.2. The molecule has 0 saturated carbocycles. The van der Waals surface area contributed by atoms with Gasteiger partial charge in [0, 0.05) is 51.3 Å². The third-order valence-corrected chi connectivity index (χ3v) is 7.91. The molecule has 4 rings (SSSR count). The summed E-state index contributed by atoms with van der Waals surface area (Å²) in [7, 11) is 0. The Labute approximate surface area is 253 Å². The number of aliphatic carboxylic acids is 1. The molecule has 43 heavy (non-hydrogen) atoms. The van der Waals surface area contributed by atoms with Crippen LogP contribution >= 0.6 is 0 Å². The van der Waals surface area contributed by atoms with E-state index < -0.39 is 17.2 Å². The standard InChI is InChI=1S/C35H42FN3O4/c1-26-10-7-13-29-25-38(31(40)22-35(2,3)23-32(41)42)20-8-18-37(24-27-11-5-4-6-12-27)19-9-21-39(33(26)29)34(43)28-14-16-30(36)17-15-28/h4-7,10-17H,8-9,18-25H2,1-3H3,(H,41,42). The van der Waals surface area contributed by atoms with Gasteiger partial charge in [0.2, 0.25) is 5.91 Å². The lowest BCUT2D eigenvalue weighted by Gasteiger charge is -2.34. The molecule has 228 valence electrons. The molecule has 1 heterocycles. The summed E-state index contributed by atoms with van der Waals surface area (Å²) in [5, 5.41) is 9.39. The molecule has 0 saturated heterocycles. The van der Waals surface area contributed by atoms with Crippen LogP contribution in [0.1, 0.15) is 66.6 Å². The Morgan fingerprint density at radius 3 is 2.19 bits per heavy atom. The fraction of sp³-hybridized carbons (Fsp3) is 0.400. The van der Waals surface area contributed by atoms with Crippen molar-refractivity contribution >= 4 is 23.5 Å². The van der Waals surface area contributed by atoms with E-state index in [1.807, 2.05) is 48.2 Å². The van der Waals surface area contributed by atoms with Crippen molar-refractivity contribution in [2.24, 2.45) is 5.41 Å². The Bertz CT molecular complexity index is 1410. The number of carbonyl (C=O) groups is 3. The molecule has 1 N–H and O–H groups in total. The van der Waals surface area contributed by atoms with Crippen molar-refractivity contribution in [2.45, 2.75) is 59.5 Å². The van der Waals surface area contributed by atoms with Gasteiger partial charge in [-0.05, 0) is 66.1 Å². The molecular formula is C35H42FN3O4. The van der Waals surface area contributed by atoms with E-state index in [-0.39, 0.29) is 24.7 Å². The van der Waals surface area contributed by atoms with E-state index in [1.165, 1.54) is 29.8 Å². The number of carboxylic acids is 1. The monoisotopic (exact) mass is 587 g/mol. The number of amides is 2. The Morgan fingerprint density at radius 1 is 0.837 bits per heavy atom. The van der Waals surface area contributed by atoms with Crippen molar-refractivity contribution in [3.05, 3.63) is 101 Å². The lowest BCUT2D eigenvalue weighted by atomic mass is 9.85. The summed E-state index contributed by atoms with van der Waals surface area (Å²) in [5.41, 5.74) is 3.40. The second-order valence-corrected chi connectivity index (χ2v) is 12.2. The Balaban J connectivity index is 1.70. The number of carbonyl (C=O) groups excluding carboxylic acids is 2. The van der Waals surface area contributed by atoms with Crippen molar-refractivity contribution < 1.29 is 23.9 Å². The van der Waals surface area contributed by atoms with Crippen LogP contribution in [0.15, 0.2) is 72.8 Å². The summed E-state index contributed by atoms with van der Waals surface area (Å²) < 4.78 is 13.7. The quantitative estimate of drug-likeness (QED) is 0.351. The number of benzene rings is 3. The van der Waals surface area contributed by atoms with Gasteiger partial charge < -0.3 is 14.9 Å². The van der Waals surface area contributed by atoms with Gasteiger partial charge in [0.15, 0.2) is 0 Å². The van der Waals surface area contributed by atoms with E-state index in [1.54, 1.807) is 18.7 Å². The predicted octanol–water partition coefficient (Wildman–Crippen LogP) is 6.30. The minimum atomic E-state index is -0.932. The predicted molar refractivity (Wildman–Crippen MR) is 166 cm³/mol. The maximum atomic E-state index is 14.0. The third-order valence-electron chi connectivity index (χ3n) is 7.91. The first kappa shape index (κ1) is 31.9. The fourth-order valence-corrected chi connectivity index (χ4v) is 5.84. The smallest absolute Gasteiger partial charge is 0.303 e. The van der Waals surface area contributed by atoms with E-state index in [0.29, 0.717) is 25.2 Å². The van der Waals surface area contributed by atoms with Crippen LogP contribution in [0.3, 0.4) is 0 Å². The maximum Gasteiger partial charge on any atom is 0.303 e. The van der Waals surface area contributed by atoms with Crippen molar-refractivity contribution in [3.63, 3.8) is 0 Å². The van der Waals surface area contributed by atoms with Crippen molar-refractivity contribution in [3.8, 4) is 0 Å². The summed E-state index contributed by atoms with van der Waals surface area (Å²) in [5.74, 6) is -1.67. The molecule has 0 fully saturated rings. The van der Waals surface area contributed by atoms with Gasteiger partial charge in [-0.3, -0.25) is 19.3 Å². The molecule has 7 nitrogen and oxygen atoms in total. The van der Waals surface area contributed by atoms with Crippen LogP contribution in [0.2, 0.25) is 0 Å². The van der Waals surface area contributed by atoms with Crippen LogP contribution in [-0.2, 0) is 22.7 Å². The van der Waals surface area contributed by atoms with Crippen molar-refractivity contribution in [1.82, 2.24) is 9.80 Å². The first-order valence-electron chi connectivity index (χ1n) is 14.9. The lowest BCUT2D eigenvalue weighted by molar-refractivity contribution is -0.140. The van der Waals surface area contributed by atoms with Gasteiger partial charge in [0.1, 0.15) is 5.82 Å². The summed E-state index contributed by atoms with van der Waals surface area (Å²) in [4.78, 5) is 45.1. The van der Waals surface area contributed by atoms with Gasteiger partial charge in [-0.2, -0.15) is 0 Å². The summed E-state index contributed by atoms with van der Waals surface area (Å²) in [6.07, 6.45) is 1.50. The average molecular weight is 588 g/mol. The van der Waals surface area contributed by atoms with E-state index in [4.69, 9.17) is 0 Å². The van der Waals surface area contributed by atoms with Crippen LogP contribution in [0, 0.1) is 18.2 Å². The van der Waals surface area contributed by atoms with Gasteiger partial charge in [-0.15, -0.1) is 0 Å². The molecule has 0 bridgehead atoms. The highest BCUT2D eigenvalue weighted by molar-refractivity contribution is 6.07. The van der Waals surface area contributed by atoms with Crippen molar-refractivity contribution in [1.29, 1.82) is 0 Å². The molecule has 0 unspecified atom stereocenters. The zero-order chi connectivity index (χ0) is 31.0. The van der Waals surface area contributed by atoms with Gasteiger partial charge in [-0.1, -0.05) is 62.4 Å². The fourth-order valence-electron chi connectivity index (χ4n) is 5.84. The molecular weight excluding hydrogens is 545 g/mol. The highest BCUT2D eigenvalue weighted by Gasteiger charge is 2.30. The first-order valence-corrected chi connectivity index (χ1v) is 14.9. The zero-order valence-corrected chi connectivity index (χ0v) is 25.4. The number of anilines is 1. The summed E-state index contributed by atoms with van der Waals surface area (Å²) in [6.45, 7) is 9.10. The molecule has 1 aliphatic heterocycles. The Morgan fingerprint density at radius 2 is 1.51 bits per heavy atom. The molecule has 0 aliphatic carbocycles. The average Bonchev–Trinajstić information content (AvgIpc) is 2.94. The van der Waals surface area contributed by atoms with E-state index in [0.717, 1.165) is 49.3 Å². The normalized spacial score (nSPS) is 15.3. The Hall–Kier alpha value is -4.04. The SMILES string of the molecule is Cc1cccc2c1N(C(=O)c1ccc(F)cc1)CCCN(Cc1ccccc1)CCCN(C(=O)CC(C)(C)CC(=O)O)C2. The molecule has 0 spiro atoms. The minimum Gasteiger partial charge on any atom is -0.481 e. The van der Waals surface area contributed by atoms with Gasteiger partial charge in [0.05, 0.1) is 12.1 Å². The topological polar surface area (TPSA) is 81.2 Å². The number of nitrogens with zero attached hydrogens (tertiary/aromatic N) is 3. The van der Waals surface area contributed by atoms with Crippen LogP contribution in [0.25, 0.3) is 0 Å². The molecule has 8 heteroatoms. The van der Waals surface area contributed by atoms with Gasteiger partial charge in [0.25, 0.3) is 5.91 Å². The molecule has 0 radical (unpaired) electrons. The lowest BCUT2D eigenvalue weighted by Crippen LogP contribution is -2.40. The minimum absolute atomic E-state index is 0.104. The molecule has 3 aromatic rings. The second kappa shape index (κ2) is 14.4. The van der Waals surface area contributed by atoms with E-state index in [2.05, 4.69) is 17.0 Å². The van der Waals surface area contributed by atoms with E-state index in [9.17, 15) is 23.9 Å². The molecule has 0 atom stereocenters. The molecule has 3 aromatic carbocycles. The van der Waals surface area contributed by atoms with Crippen molar-refractivity contribution in [2.75, 3.05) is 31.1 Å². The van der Waals surface area contributed by atoms with Gasteiger partial charge >= 0.3 is 5.97 Å². The number of hydrogen-bond acceptors (Lipinski definition) is 4. The number of fused-ring (bicyclic) bond motifs is 1. The van der Waals surface area contributed by atoms with Crippen LogP contribution in [0.4, 0.5) is 10.1 Å². The molecule has 0 aromatic heterocycles. The summed E-state index contributed by atoms with van der Waals surface area (Å²) in [6, 6.07) is 21.7. The highest BCUT2D eigenvalue weighted by atomic mass is 19.1. The number of aryl methyl sites for hydroxylation is 1. The Kier molecular flexibility index (Phi) is 10.7. The largest absolute Gasteiger partial charge is 0.481 e. The van der Waals surface area contributed by atoms with Crippen LogP contribution in [0.5, 0.6) is 0 Å². The van der Waals surface area contributed by atoms with E-state index >= 15 is 0 Å². The number of rotatable bonds is 7. The molecule has 2 amide bonds. The van der Waals surface area contributed by atoms with Gasteiger partial charge in [-0.25, -0.2) is 4.39 Å². The zero-order valence-electron chi connectivity index (χ0n) is 25.4. The molecule has 1 aliphatic rings. The third kappa shape index (κ3) is 8.97. The van der Waals surface area contributed by atoms with Crippen LogP contribution < -0.4 is 4.90 Å². The van der Waals surface area contributed by atoms with Crippen LogP contribution in [-0.4, -0.2) is 58.9 Å². The number of para-hydroxylation sites is 1. The summed E-state index contributed by atoms with van der Waals surface area (Å²) >= 11 is 0. The maximum absolute atomic E-state index is 14.0. The first-order chi connectivity index (χ1) is 20.5. The highest BCUT2D eigenvalue weighted by Crippen LogP contribution is 2.31. The number of hydrogen-bond donors (Lipinski definition) is 1.